The summed E-state index contributed by atoms with van der Waals surface area (Å²) < 4.78 is 34.8. The zero-order valence-electron chi connectivity index (χ0n) is 19.2. The second-order valence-corrected chi connectivity index (χ2v) is 7.68. The molecule has 4 N–H and O–H groups in total. The van der Waals surface area contributed by atoms with Gasteiger partial charge in [0.15, 0.2) is 11.6 Å². The predicted octanol–water partition coefficient (Wildman–Crippen LogP) is 3.16. The van der Waals surface area contributed by atoms with Crippen LogP contribution in [-0.4, -0.2) is 27.2 Å². The van der Waals surface area contributed by atoms with Crippen LogP contribution in [-0.2, 0) is 6.54 Å². The number of nitrogens with zero attached hydrogens (tertiary/aromatic N) is 2. The number of benzene rings is 2. The Labute approximate surface area is 210 Å². The SMILES string of the molecule is Nc1nccc(Oc2ccc(-n3cc(C(=O)NCc4ccc(F)cc4)ccc3=O)cc2F)c1C#CCO. The molecule has 4 rings (SSSR count). The van der Waals surface area contributed by atoms with Gasteiger partial charge in [-0.1, -0.05) is 24.0 Å². The Kier molecular flexibility index (Phi) is 7.56. The molecule has 0 atom stereocenters. The minimum atomic E-state index is -0.785. The van der Waals surface area contributed by atoms with Crippen molar-refractivity contribution in [1.82, 2.24) is 14.9 Å². The number of hydrogen-bond donors (Lipinski definition) is 3. The van der Waals surface area contributed by atoms with Crippen molar-refractivity contribution < 1.29 is 23.4 Å². The van der Waals surface area contributed by atoms with Gasteiger partial charge in [0.05, 0.1) is 11.3 Å². The van der Waals surface area contributed by atoms with E-state index in [9.17, 15) is 18.4 Å². The molecule has 0 bridgehead atoms. The van der Waals surface area contributed by atoms with Crippen LogP contribution < -0.4 is 21.3 Å². The van der Waals surface area contributed by atoms with Crippen LogP contribution in [0.2, 0.25) is 0 Å². The molecule has 0 saturated heterocycles. The summed E-state index contributed by atoms with van der Waals surface area (Å²) >= 11 is 0. The van der Waals surface area contributed by atoms with E-state index in [0.717, 1.165) is 10.6 Å². The number of carbonyl (C=O) groups is 1. The van der Waals surface area contributed by atoms with Crippen molar-refractivity contribution in [3.8, 4) is 29.0 Å². The van der Waals surface area contributed by atoms with E-state index >= 15 is 0 Å². The normalized spacial score (nSPS) is 10.4. The summed E-state index contributed by atoms with van der Waals surface area (Å²) in [6.45, 7) is -0.252. The van der Waals surface area contributed by atoms with Crippen LogP contribution in [0.5, 0.6) is 11.5 Å². The van der Waals surface area contributed by atoms with Gasteiger partial charge in [-0.05, 0) is 35.9 Å². The van der Waals surface area contributed by atoms with Gasteiger partial charge >= 0.3 is 0 Å². The summed E-state index contributed by atoms with van der Waals surface area (Å²) in [5.74, 6) is 3.45. The molecule has 0 spiro atoms. The van der Waals surface area contributed by atoms with Gasteiger partial charge in [0.25, 0.3) is 11.5 Å². The van der Waals surface area contributed by atoms with Crippen molar-refractivity contribution in [2.75, 3.05) is 12.3 Å². The number of ether oxygens (including phenoxy) is 1. The minimum Gasteiger partial charge on any atom is -0.453 e. The molecule has 2 heterocycles. The highest BCUT2D eigenvalue weighted by Crippen LogP contribution is 2.30. The molecule has 2 aromatic carbocycles. The highest BCUT2D eigenvalue weighted by molar-refractivity contribution is 5.93. The maximum Gasteiger partial charge on any atom is 0.255 e. The van der Waals surface area contributed by atoms with Crippen molar-refractivity contribution in [3.05, 3.63) is 112 Å². The number of carbonyl (C=O) groups excluding carboxylic acids is 1. The van der Waals surface area contributed by atoms with Gasteiger partial charge in [-0.15, -0.1) is 0 Å². The second kappa shape index (κ2) is 11.2. The fourth-order valence-corrected chi connectivity index (χ4v) is 3.35. The van der Waals surface area contributed by atoms with Gasteiger partial charge in [0.2, 0.25) is 0 Å². The highest BCUT2D eigenvalue weighted by Gasteiger charge is 2.14. The number of rotatable bonds is 6. The molecular weight excluding hydrogens is 482 g/mol. The largest absolute Gasteiger partial charge is 0.453 e. The number of amides is 1. The Morgan fingerprint density at radius 2 is 1.86 bits per heavy atom. The van der Waals surface area contributed by atoms with E-state index in [1.807, 2.05) is 0 Å². The third-order valence-electron chi connectivity index (χ3n) is 5.19. The fraction of sp³-hybridized carbons (Fsp3) is 0.0741. The molecule has 0 fully saturated rings. The van der Waals surface area contributed by atoms with Crippen LogP contribution in [0.3, 0.4) is 0 Å². The molecule has 0 saturated carbocycles. The molecule has 0 aliphatic heterocycles. The predicted molar refractivity (Wildman–Crippen MR) is 132 cm³/mol. The minimum absolute atomic E-state index is 0.0524. The first-order chi connectivity index (χ1) is 17.9. The van der Waals surface area contributed by atoms with Crippen LogP contribution in [0.4, 0.5) is 14.6 Å². The lowest BCUT2D eigenvalue weighted by molar-refractivity contribution is 0.0950. The lowest BCUT2D eigenvalue weighted by atomic mass is 10.2. The number of aliphatic hydroxyl groups is 1. The summed E-state index contributed by atoms with van der Waals surface area (Å²) in [5.41, 5.74) is 6.55. The first kappa shape index (κ1) is 25.1. The second-order valence-electron chi connectivity index (χ2n) is 7.68. The smallest absolute Gasteiger partial charge is 0.255 e. The topological polar surface area (TPSA) is 119 Å². The van der Waals surface area contributed by atoms with Gasteiger partial charge < -0.3 is 20.9 Å². The molecule has 0 radical (unpaired) electrons. The maximum absolute atomic E-state index is 15.0. The molecule has 10 heteroatoms. The average Bonchev–Trinajstić information content (AvgIpc) is 2.89. The fourth-order valence-electron chi connectivity index (χ4n) is 3.35. The molecule has 186 valence electrons. The van der Waals surface area contributed by atoms with Crippen LogP contribution in [0, 0.1) is 23.5 Å². The molecule has 0 aliphatic carbocycles. The third kappa shape index (κ3) is 5.98. The molecule has 0 unspecified atom stereocenters. The highest BCUT2D eigenvalue weighted by atomic mass is 19.1. The van der Waals surface area contributed by atoms with Gasteiger partial charge in [0.1, 0.15) is 29.6 Å². The molecule has 8 nitrogen and oxygen atoms in total. The number of hydrogen-bond acceptors (Lipinski definition) is 6. The lowest BCUT2D eigenvalue weighted by Gasteiger charge is -2.12. The van der Waals surface area contributed by atoms with E-state index in [0.29, 0.717) is 5.56 Å². The Morgan fingerprint density at radius 1 is 1.08 bits per heavy atom. The van der Waals surface area contributed by atoms with Gasteiger partial charge in [-0.2, -0.15) is 0 Å². The van der Waals surface area contributed by atoms with Crippen molar-refractivity contribution in [1.29, 1.82) is 0 Å². The van der Waals surface area contributed by atoms with Crippen molar-refractivity contribution in [3.63, 3.8) is 0 Å². The Morgan fingerprint density at radius 3 is 2.59 bits per heavy atom. The van der Waals surface area contributed by atoms with E-state index in [1.54, 1.807) is 12.1 Å². The van der Waals surface area contributed by atoms with Crippen molar-refractivity contribution >= 4 is 11.7 Å². The average molecular weight is 502 g/mol. The molecule has 0 aliphatic rings. The number of pyridine rings is 2. The van der Waals surface area contributed by atoms with Crippen LogP contribution in [0.25, 0.3) is 5.69 Å². The third-order valence-corrected chi connectivity index (χ3v) is 5.19. The molecule has 4 aromatic rings. The summed E-state index contributed by atoms with van der Waals surface area (Å²) in [4.78, 5) is 29.0. The molecular formula is C27H20F2N4O4. The Hall–Kier alpha value is -5.01. The molecule has 1 amide bonds. The van der Waals surface area contributed by atoms with Gasteiger partial charge in [0, 0.05) is 37.1 Å². The van der Waals surface area contributed by atoms with Gasteiger partial charge in [-0.25, -0.2) is 13.8 Å². The number of nitrogens with two attached hydrogens (primary N) is 1. The first-order valence-electron chi connectivity index (χ1n) is 10.9. The van der Waals surface area contributed by atoms with Gasteiger partial charge in [-0.3, -0.25) is 14.2 Å². The summed E-state index contributed by atoms with van der Waals surface area (Å²) in [6.07, 6.45) is 2.66. The van der Waals surface area contributed by atoms with E-state index in [1.165, 1.54) is 54.9 Å². The summed E-state index contributed by atoms with van der Waals surface area (Å²) in [6, 6.07) is 13.5. The maximum atomic E-state index is 15.0. The number of anilines is 1. The number of aromatic nitrogens is 2. The van der Waals surface area contributed by atoms with E-state index in [4.69, 9.17) is 15.6 Å². The Bertz CT molecular complexity index is 1570. The lowest BCUT2D eigenvalue weighted by Crippen LogP contribution is -2.25. The van der Waals surface area contributed by atoms with E-state index in [-0.39, 0.29) is 46.5 Å². The first-order valence-corrected chi connectivity index (χ1v) is 10.9. The van der Waals surface area contributed by atoms with E-state index in [2.05, 4.69) is 22.1 Å². The standard InChI is InChI=1S/C27H20F2N4O4/c28-19-6-3-17(4-7-19)15-32-27(36)18-5-10-25(35)33(16-18)20-8-9-24(22(29)14-20)37-23-11-12-31-26(30)21(23)2-1-13-34/h3-12,14,16,34H,13,15H2,(H2,30,31)(H,32,36). The number of aliphatic hydroxyl groups excluding tert-OH is 1. The zero-order chi connectivity index (χ0) is 26.4. The number of nitrogens with one attached hydrogen (secondary N) is 1. The summed E-state index contributed by atoms with van der Waals surface area (Å²) in [5, 5.41) is 11.6. The number of halogens is 2. The van der Waals surface area contributed by atoms with Crippen LogP contribution >= 0.6 is 0 Å². The summed E-state index contributed by atoms with van der Waals surface area (Å²) in [7, 11) is 0. The molecule has 37 heavy (non-hydrogen) atoms. The van der Waals surface area contributed by atoms with Crippen LogP contribution in [0.1, 0.15) is 21.5 Å². The Balaban J connectivity index is 1.56. The van der Waals surface area contributed by atoms with Crippen LogP contribution in [0.15, 0.2) is 77.9 Å². The number of nitrogen functional groups attached to an aromatic ring is 1. The molecule has 2 aromatic heterocycles. The van der Waals surface area contributed by atoms with Crippen molar-refractivity contribution in [2.24, 2.45) is 0 Å². The quantitative estimate of drug-likeness (QED) is 0.349. The monoisotopic (exact) mass is 502 g/mol. The zero-order valence-corrected chi connectivity index (χ0v) is 19.2. The van der Waals surface area contributed by atoms with E-state index < -0.39 is 23.9 Å². The van der Waals surface area contributed by atoms with Crippen molar-refractivity contribution in [2.45, 2.75) is 6.54 Å².